The summed E-state index contributed by atoms with van der Waals surface area (Å²) >= 11 is 0. The van der Waals surface area contributed by atoms with Gasteiger partial charge in [-0.3, -0.25) is 4.79 Å². The molecule has 3 aromatic rings. The molecule has 4 rings (SSSR count). The molecule has 0 aliphatic carbocycles. The van der Waals surface area contributed by atoms with Crippen molar-refractivity contribution in [2.75, 3.05) is 31.6 Å². The summed E-state index contributed by atoms with van der Waals surface area (Å²) in [6, 6.07) is 15.8. The first-order valence-corrected chi connectivity index (χ1v) is 8.98. The molecule has 0 bridgehead atoms. The van der Waals surface area contributed by atoms with Gasteiger partial charge in [0.05, 0.1) is 12.8 Å². The van der Waals surface area contributed by atoms with Crippen molar-refractivity contribution in [3.8, 4) is 5.75 Å². The van der Waals surface area contributed by atoms with Crippen LogP contribution in [0.4, 0.5) is 5.69 Å². The fourth-order valence-corrected chi connectivity index (χ4v) is 3.64. The van der Waals surface area contributed by atoms with Crippen LogP contribution in [0.1, 0.15) is 16.8 Å². The molecule has 1 aliphatic rings. The Morgan fingerprint density at radius 2 is 2.15 bits per heavy atom. The Kier molecular flexibility index (Phi) is 4.52. The lowest BCUT2D eigenvalue weighted by molar-refractivity contribution is 0.0948. The van der Waals surface area contributed by atoms with Gasteiger partial charge in [-0.15, -0.1) is 0 Å². The summed E-state index contributed by atoms with van der Waals surface area (Å²) in [5.74, 6) is 1.33. The first-order chi connectivity index (χ1) is 12.7. The second kappa shape index (κ2) is 7.12. The molecule has 2 aromatic carbocycles. The summed E-state index contributed by atoms with van der Waals surface area (Å²) in [6.45, 7) is 2.60. The van der Waals surface area contributed by atoms with Gasteiger partial charge in [-0.2, -0.15) is 0 Å². The van der Waals surface area contributed by atoms with Crippen molar-refractivity contribution in [2.24, 2.45) is 5.92 Å². The van der Waals surface area contributed by atoms with E-state index in [0.29, 0.717) is 18.0 Å². The quantitative estimate of drug-likeness (QED) is 0.742. The van der Waals surface area contributed by atoms with Gasteiger partial charge >= 0.3 is 0 Å². The van der Waals surface area contributed by atoms with Crippen LogP contribution in [0, 0.1) is 5.92 Å². The van der Waals surface area contributed by atoms with Gasteiger partial charge < -0.3 is 19.9 Å². The molecule has 0 radical (unpaired) electrons. The SMILES string of the molecule is COc1ccccc1N1CC[C@@H](CNC(=O)c2ccc3cc[nH]c3c2)C1. The first-order valence-electron chi connectivity index (χ1n) is 8.98. The van der Waals surface area contributed by atoms with E-state index in [1.807, 2.05) is 48.7 Å². The van der Waals surface area contributed by atoms with Crippen LogP contribution in [0.2, 0.25) is 0 Å². The predicted molar refractivity (Wildman–Crippen MR) is 104 cm³/mol. The highest BCUT2D eigenvalue weighted by Gasteiger charge is 2.25. The lowest BCUT2D eigenvalue weighted by Crippen LogP contribution is -2.31. The second-order valence-corrected chi connectivity index (χ2v) is 6.76. The van der Waals surface area contributed by atoms with Crippen molar-refractivity contribution in [3.63, 3.8) is 0 Å². The van der Waals surface area contributed by atoms with Crippen LogP contribution in [0.15, 0.2) is 54.7 Å². The molecule has 0 spiro atoms. The number of anilines is 1. The molecule has 134 valence electrons. The Labute approximate surface area is 153 Å². The number of aromatic amines is 1. The van der Waals surface area contributed by atoms with Gasteiger partial charge in [0.2, 0.25) is 0 Å². The van der Waals surface area contributed by atoms with E-state index in [1.54, 1.807) is 7.11 Å². The van der Waals surface area contributed by atoms with Gasteiger partial charge in [-0.25, -0.2) is 0 Å². The van der Waals surface area contributed by atoms with Crippen molar-refractivity contribution in [1.82, 2.24) is 10.3 Å². The molecule has 5 nitrogen and oxygen atoms in total. The highest BCUT2D eigenvalue weighted by molar-refractivity contribution is 5.97. The van der Waals surface area contributed by atoms with Crippen LogP contribution in [0.5, 0.6) is 5.75 Å². The minimum atomic E-state index is -0.0164. The van der Waals surface area contributed by atoms with E-state index in [9.17, 15) is 4.79 Å². The van der Waals surface area contributed by atoms with Crippen LogP contribution in [0.3, 0.4) is 0 Å². The topological polar surface area (TPSA) is 57.4 Å². The minimum absolute atomic E-state index is 0.0164. The number of ether oxygens (including phenoxy) is 1. The minimum Gasteiger partial charge on any atom is -0.495 e. The number of amides is 1. The van der Waals surface area contributed by atoms with Crippen LogP contribution in [-0.4, -0.2) is 37.6 Å². The largest absolute Gasteiger partial charge is 0.495 e. The molecule has 1 saturated heterocycles. The zero-order valence-corrected chi connectivity index (χ0v) is 14.9. The number of nitrogens with zero attached hydrogens (tertiary/aromatic N) is 1. The molecule has 0 unspecified atom stereocenters. The molecule has 1 fully saturated rings. The molecular weight excluding hydrogens is 326 g/mol. The summed E-state index contributed by atoms with van der Waals surface area (Å²) in [7, 11) is 1.70. The number of nitrogens with one attached hydrogen (secondary N) is 2. The van der Waals surface area contributed by atoms with E-state index < -0.39 is 0 Å². The third-order valence-corrected chi connectivity index (χ3v) is 5.08. The number of hydrogen-bond donors (Lipinski definition) is 2. The number of aromatic nitrogens is 1. The van der Waals surface area contributed by atoms with Crippen LogP contribution < -0.4 is 15.0 Å². The van der Waals surface area contributed by atoms with Crippen LogP contribution >= 0.6 is 0 Å². The first kappa shape index (κ1) is 16.5. The number of para-hydroxylation sites is 2. The molecule has 5 heteroatoms. The third-order valence-electron chi connectivity index (χ3n) is 5.08. The Balaban J connectivity index is 1.36. The second-order valence-electron chi connectivity index (χ2n) is 6.76. The van der Waals surface area contributed by atoms with Crippen LogP contribution in [-0.2, 0) is 0 Å². The number of benzene rings is 2. The third kappa shape index (κ3) is 3.25. The lowest BCUT2D eigenvalue weighted by atomic mass is 10.1. The van der Waals surface area contributed by atoms with Crippen molar-refractivity contribution in [3.05, 3.63) is 60.3 Å². The highest BCUT2D eigenvalue weighted by atomic mass is 16.5. The number of methoxy groups -OCH3 is 1. The average Bonchev–Trinajstić information content (AvgIpc) is 3.34. The Morgan fingerprint density at radius 3 is 3.04 bits per heavy atom. The Bertz CT molecular complexity index is 918. The predicted octanol–water partition coefficient (Wildman–Crippen LogP) is 3.43. The maximum atomic E-state index is 12.5. The average molecular weight is 349 g/mol. The van der Waals surface area contributed by atoms with Gasteiger partial charge in [-0.05, 0) is 48.1 Å². The zero-order chi connectivity index (χ0) is 17.9. The number of carbonyl (C=O) groups is 1. The molecule has 2 heterocycles. The highest BCUT2D eigenvalue weighted by Crippen LogP contribution is 2.31. The van der Waals surface area contributed by atoms with Crippen molar-refractivity contribution in [2.45, 2.75) is 6.42 Å². The van der Waals surface area contributed by atoms with Crippen molar-refractivity contribution < 1.29 is 9.53 Å². The van der Waals surface area contributed by atoms with E-state index in [4.69, 9.17) is 4.74 Å². The van der Waals surface area contributed by atoms with E-state index in [-0.39, 0.29) is 5.91 Å². The molecule has 1 amide bonds. The van der Waals surface area contributed by atoms with Crippen molar-refractivity contribution >= 4 is 22.5 Å². The van der Waals surface area contributed by atoms with E-state index in [0.717, 1.165) is 41.9 Å². The number of carbonyl (C=O) groups excluding carboxylic acids is 1. The summed E-state index contributed by atoms with van der Waals surface area (Å²) in [5.41, 5.74) is 2.81. The fourth-order valence-electron chi connectivity index (χ4n) is 3.64. The van der Waals surface area contributed by atoms with Gasteiger partial charge in [0, 0.05) is 36.9 Å². The molecule has 1 atom stereocenters. The number of H-pyrrole nitrogens is 1. The molecule has 1 aromatic heterocycles. The number of rotatable bonds is 5. The molecule has 26 heavy (non-hydrogen) atoms. The van der Waals surface area contributed by atoms with E-state index in [1.165, 1.54) is 0 Å². The van der Waals surface area contributed by atoms with Crippen molar-refractivity contribution in [1.29, 1.82) is 0 Å². The summed E-state index contributed by atoms with van der Waals surface area (Å²) < 4.78 is 5.46. The monoisotopic (exact) mass is 349 g/mol. The smallest absolute Gasteiger partial charge is 0.251 e. The summed E-state index contributed by atoms with van der Waals surface area (Å²) in [6.07, 6.45) is 2.95. The Morgan fingerprint density at radius 1 is 1.27 bits per heavy atom. The molecule has 1 aliphatic heterocycles. The number of fused-ring (bicyclic) bond motifs is 1. The standard InChI is InChI=1S/C21H23N3O2/c1-26-20-5-3-2-4-19(20)24-11-9-15(14-24)13-23-21(25)17-7-6-16-8-10-22-18(16)12-17/h2-8,10,12,15,22H,9,11,13-14H2,1H3,(H,23,25)/t15-/m0/s1. The molecule has 2 N–H and O–H groups in total. The van der Waals surface area contributed by atoms with Crippen LogP contribution in [0.25, 0.3) is 10.9 Å². The maximum Gasteiger partial charge on any atom is 0.251 e. The summed E-state index contributed by atoms with van der Waals surface area (Å²) in [5, 5.41) is 4.20. The Hall–Kier alpha value is -2.95. The normalized spacial score (nSPS) is 16.8. The fraction of sp³-hybridized carbons (Fsp3) is 0.286. The number of hydrogen-bond acceptors (Lipinski definition) is 3. The van der Waals surface area contributed by atoms with E-state index in [2.05, 4.69) is 21.3 Å². The van der Waals surface area contributed by atoms with Gasteiger partial charge in [0.15, 0.2) is 0 Å². The van der Waals surface area contributed by atoms with Gasteiger partial charge in [0.25, 0.3) is 5.91 Å². The van der Waals surface area contributed by atoms with Gasteiger partial charge in [-0.1, -0.05) is 18.2 Å². The maximum absolute atomic E-state index is 12.5. The zero-order valence-electron chi connectivity index (χ0n) is 14.9. The molecular formula is C21H23N3O2. The summed E-state index contributed by atoms with van der Waals surface area (Å²) in [4.78, 5) is 17.9. The lowest BCUT2D eigenvalue weighted by Gasteiger charge is -2.21. The van der Waals surface area contributed by atoms with E-state index >= 15 is 0 Å². The van der Waals surface area contributed by atoms with Gasteiger partial charge in [0.1, 0.15) is 5.75 Å². The molecule has 0 saturated carbocycles.